The van der Waals surface area contributed by atoms with E-state index in [0.29, 0.717) is 25.4 Å². The van der Waals surface area contributed by atoms with E-state index in [1.165, 1.54) is 12.1 Å². The first-order valence-corrected chi connectivity index (χ1v) is 10.2. The van der Waals surface area contributed by atoms with Crippen LogP contribution in [0.4, 0.5) is 10.2 Å². The lowest BCUT2D eigenvalue weighted by Gasteiger charge is -2.35. The first-order valence-electron chi connectivity index (χ1n) is 10.2. The number of hydrogen-bond acceptors (Lipinski definition) is 5. The van der Waals surface area contributed by atoms with Crippen molar-refractivity contribution in [2.24, 2.45) is 0 Å². The van der Waals surface area contributed by atoms with Crippen molar-refractivity contribution in [1.82, 2.24) is 24.6 Å². The Kier molecular flexibility index (Phi) is 4.41. The second-order valence-corrected chi connectivity index (χ2v) is 7.67. The zero-order chi connectivity index (χ0) is 20.0. The molecule has 7 nitrogen and oxygen atoms in total. The highest BCUT2D eigenvalue weighted by Gasteiger charge is 2.30. The summed E-state index contributed by atoms with van der Waals surface area (Å²) in [5, 5.41) is 5.41. The maximum Gasteiger partial charge on any atom is 0.222 e. The van der Waals surface area contributed by atoms with Gasteiger partial charge in [-0.15, -0.1) is 0 Å². The maximum absolute atomic E-state index is 13.4. The van der Waals surface area contributed by atoms with Gasteiger partial charge < -0.3 is 9.80 Å². The van der Waals surface area contributed by atoms with Crippen molar-refractivity contribution in [1.29, 1.82) is 0 Å². The van der Waals surface area contributed by atoms with E-state index in [4.69, 9.17) is 9.97 Å². The molecular formula is C21H23FN6O. The van der Waals surface area contributed by atoms with Gasteiger partial charge in [-0.05, 0) is 37.1 Å². The Morgan fingerprint density at radius 3 is 2.48 bits per heavy atom. The second kappa shape index (κ2) is 7.09. The molecule has 1 saturated heterocycles. The van der Waals surface area contributed by atoms with Gasteiger partial charge in [0.2, 0.25) is 5.91 Å². The molecular weight excluding hydrogens is 371 g/mol. The zero-order valence-electron chi connectivity index (χ0n) is 16.4. The molecule has 3 aromatic rings. The molecule has 2 aliphatic rings. The van der Waals surface area contributed by atoms with Gasteiger partial charge in [0.05, 0.1) is 17.3 Å². The molecule has 0 N–H and O–H groups in total. The van der Waals surface area contributed by atoms with Gasteiger partial charge in [0.25, 0.3) is 0 Å². The quantitative estimate of drug-likeness (QED) is 0.681. The molecule has 0 bridgehead atoms. The van der Waals surface area contributed by atoms with Gasteiger partial charge >= 0.3 is 0 Å². The summed E-state index contributed by atoms with van der Waals surface area (Å²) in [6.07, 6.45) is 4.53. The number of piperazine rings is 1. The zero-order valence-corrected chi connectivity index (χ0v) is 16.4. The fourth-order valence-corrected chi connectivity index (χ4v) is 3.84. The molecule has 2 aromatic heterocycles. The van der Waals surface area contributed by atoms with Gasteiger partial charge in [0, 0.05) is 38.5 Å². The lowest BCUT2D eigenvalue weighted by Crippen LogP contribution is -2.49. The highest BCUT2D eigenvalue weighted by molar-refractivity contribution is 5.88. The number of nitrogens with zero attached hydrogens (tertiary/aromatic N) is 6. The van der Waals surface area contributed by atoms with Crippen LogP contribution in [0, 0.1) is 5.82 Å². The first-order chi connectivity index (χ1) is 14.1. The van der Waals surface area contributed by atoms with E-state index in [9.17, 15) is 9.18 Å². The fraction of sp³-hybridized carbons (Fsp3) is 0.429. The molecule has 1 aromatic carbocycles. The van der Waals surface area contributed by atoms with Crippen LogP contribution in [-0.4, -0.2) is 56.7 Å². The summed E-state index contributed by atoms with van der Waals surface area (Å²) in [6.45, 7) is 4.77. The van der Waals surface area contributed by atoms with E-state index >= 15 is 0 Å². The molecule has 150 valence electrons. The number of amides is 1. The second-order valence-electron chi connectivity index (χ2n) is 7.67. The third-order valence-corrected chi connectivity index (χ3v) is 5.67. The molecule has 0 unspecified atom stereocenters. The molecule has 2 fully saturated rings. The van der Waals surface area contributed by atoms with Crippen molar-refractivity contribution in [3.63, 3.8) is 0 Å². The van der Waals surface area contributed by atoms with Gasteiger partial charge in [0.15, 0.2) is 5.65 Å². The number of aromatic nitrogens is 4. The Labute approximate surface area is 168 Å². The minimum Gasteiger partial charge on any atom is -0.352 e. The average molecular weight is 394 g/mol. The van der Waals surface area contributed by atoms with Crippen LogP contribution in [0.3, 0.4) is 0 Å². The molecule has 29 heavy (non-hydrogen) atoms. The maximum atomic E-state index is 13.4. The number of halogens is 1. The average Bonchev–Trinajstić information content (AvgIpc) is 3.53. The van der Waals surface area contributed by atoms with Crippen LogP contribution in [0.2, 0.25) is 0 Å². The van der Waals surface area contributed by atoms with E-state index in [1.807, 2.05) is 11.8 Å². The fourth-order valence-electron chi connectivity index (χ4n) is 3.84. The standard InChI is InChI=1S/C21H23FN6O/c1-2-18(29)26-9-11-27(12-10-26)20-17-13-23-28(16-7-5-15(22)6-8-16)21(17)25-19(24-20)14-3-4-14/h5-8,13-14H,2-4,9-12H2,1H3. The van der Waals surface area contributed by atoms with Crippen molar-refractivity contribution in [2.45, 2.75) is 32.1 Å². The molecule has 3 heterocycles. The van der Waals surface area contributed by atoms with Gasteiger partial charge in [0.1, 0.15) is 17.5 Å². The van der Waals surface area contributed by atoms with Crippen molar-refractivity contribution >= 4 is 22.8 Å². The SMILES string of the molecule is CCC(=O)N1CCN(c2nc(C3CC3)nc3c2cnn3-c2ccc(F)cc2)CC1. The van der Waals surface area contributed by atoms with Crippen LogP contribution >= 0.6 is 0 Å². The normalized spacial score (nSPS) is 17.2. The number of carbonyl (C=O) groups is 1. The Bertz CT molecular complexity index is 1050. The molecule has 5 rings (SSSR count). The van der Waals surface area contributed by atoms with Crippen molar-refractivity contribution in [3.8, 4) is 5.69 Å². The minimum absolute atomic E-state index is 0.195. The van der Waals surface area contributed by atoms with Crippen LogP contribution in [0.1, 0.15) is 37.9 Å². The molecule has 1 aliphatic carbocycles. The first kappa shape index (κ1) is 18.0. The summed E-state index contributed by atoms with van der Waals surface area (Å²) in [5.41, 5.74) is 1.52. The molecule has 1 aliphatic heterocycles. The third kappa shape index (κ3) is 3.32. The molecule has 1 saturated carbocycles. The van der Waals surface area contributed by atoms with E-state index in [2.05, 4.69) is 10.00 Å². The highest BCUT2D eigenvalue weighted by atomic mass is 19.1. The number of anilines is 1. The van der Waals surface area contributed by atoms with Crippen LogP contribution in [0.15, 0.2) is 30.5 Å². The monoisotopic (exact) mass is 394 g/mol. The van der Waals surface area contributed by atoms with E-state index in [1.54, 1.807) is 23.0 Å². The Morgan fingerprint density at radius 2 is 1.83 bits per heavy atom. The van der Waals surface area contributed by atoms with E-state index < -0.39 is 0 Å². The van der Waals surface area contributed by atoms with E-state index in [-0.39, 0.29) is 11.7 Å². The Balaban J connectivity index is 1.53. The summed E-state index contributed by atoms with van der Waals surface area (Å²) < 4.78 is 15.1. The number of rotatable bonds is 4. The summed E-state index contributed by atoms with van der Waals surface area (Å²) in [7, 11) is 0. The topological polar surface area (TPSA) is 67.2 Å². The van der Waals surface area contributed by atoms with Gasteiger partial charge in [-0.2, -0.15) is 5.10 Å². The van der Waals surface area contributed by atoms with Gasteiger partial charge in [-0.1, -0.05) is 6.92 Å². The van der Waals surface area contributed by atoms with Crippen molar-refractivity contribution < 1.29 is 9.18 Å². The third-order valence-electron chi connectivity index (χ3n) is 5.67. The van der Waals surface area contributed by atoms with Crippen LogP contribution < -0.4 is 4.90 Å². The largest absolute Gasteiger partial charge is 0.352 e. The summed E-state index contributed by atoms with van der Waals surface area (Å²) in [4.78, 5) is 25.9. The van der Waals surface area contributed by atoms with Gasteiger partial charge in [-0.25, -0.2) is 19.0 Å². The summed E-state index contributed by atoms with van der Waals surface area (Å²) in [5.74, 6) is 2.05. The molecule has 0 spiro atoms. The van der Waals surface area contributed by atoms with Crippen LogP contribution in [0.5, 0.6) is 0 Å². The number of benzene rings is 1. The molecule has 1 amide bonds. The highest BCUT2D eigenvalue weighted by Crippen LogP contribution is 2.40. The lowest BCUT2D eigenvalue weighted by atomic mass is 10.2. The number of carbonyl (C=O) groups excluding carboxylic acids is 1. The van der Waals surface area contributed by atoms with Crippen molar-refractivity contribution in [2.75, 3.05) is 31.1 Å². The predicted octanol–water partition coefficient (Wildman–Crippen LogP) is 2.89. The summed E-state index contributed by atoms with van der Waals surface area (Å²) >= 11 is 0. The van der Waals surface area contributed by atoms with E-state index in [0.717, 1.165) is 54.3 Å². The predicted molar refractivity (Wildman–Crippen MR) is 108 cm³/mol. The van der Waals surface area contributed by atoms with Gasteiger partial charge in [-0.3, -0.25) is 4.79 Å². The Morgan fingerprint density at radius 1 is 1.10 bits per heavy atom. The smallest absolute Gasteiger partial charge is 0.222 e. The van der Waals surface area contributed by atoms with Crippen LogP contribution in [-0.2, 0) is 4.79 Å². The van der Waals surface area contributed by atoms with Crippen LogP contribution in [0.25, 0.3) is 16.7 Å². The molecule has 8 heteroatoms. The summed E-state index contributed by atoms with van der Waals surface area (Å²) in [6, 6.07) is 6.26. The lowest BCUT2D eigenvalue weighted by molar-refractivity contribution is -0.131. The number of hydrogen-bond donors (Lipinski definition) is 0. The molecule has 0 radical (unpaired) electrons. The number of fused-ring (bicyclic) bond motifs is 1. The Hall–Kier alpha value is -3.03. The minimum atomic E-state index is -0.279. The van der Waals surface area contributed by atoms with Crippen molar-refractivity contribution in [3.05, 3.63) is 42.1 Å². The molecule has 0 atom stereocenters.